The zero-order chi connectivity index (χ0) is 6.95. The van der Waals surface area contributed by atoms with Crippen LogP contribution >= 0.6 is 8.69 Å². The second kappa shape index (κ2) is 16.9. The van der Waals surface area contributed by atoms with Crippen molar-refractivity contribution in [3.63, 3.8) is 0 Å². The molecule has 0 spiro atoms. The van der Waals surface area contributed by atoms with Gasteiger partial charge in [0.2, 0.25) is 0 Å². The molecular weight excluding hydrogens is 187 g/mol. The first-order valence-corrected chi connectivity index (χ1v) is 3.06. The van der Waals surface area contributed by atoms with Gasteiger partial charge in [0.15, 0.2) is 0 Å². The number of rotatable bonds is 0. The van der Waals surface area contributed by atoms with Gasteiger partial charge < -0.3 is 12.3 Å². The molecule has 4 heteroatoms. The van der Waals surface area contributed by atoms with E-state index in [1.807, 2.05) is 30.3 Å². The van der Waals surface area contributed by atoms with Crippen molar-refractivity contribution in [3.05, 3.63) is 43.8 Å². The minimum absolute atomic E-state index is 0. The molecule has 1 N–H and O–H groups in total. The zero-order valence-corrected chi connectivity index (χ0v) is 9.50. The Labute approximate surface area is 98.9 Å². The van der Waals surface area contributed by atoms with E-state index in [0.717, 1.165) is 0 Å². The second-order valence-electron chi connectivity index (χ2n) is 1.16. The van der Waals surface area contributed by atoms with E-state index >= 15 is 0 Å². The molecule has 0 amide bonds. The van der Waals surface area contributed by atoms with Crippen molar-refractivity contribution in [2.75, 3.05) is 0 Å². The third kappa shape index (κ3) is 18.0. The van der Waals surface area contributed by atoms with Crippen LogP contribution in [0.15, 0.2) is 30.3 Å². The fraction of sp³-hybridized carbons (Fsp3) is 0. The molecule has 0 atom stereocenters. The Morgan fingerprint density at radius 1 is 1.18 bits per heavy atom. The molecule has 2 nitrogen and oxygen atoms in total. The molecule has 1 aromatic carbocycles. The maximum absolute atomic E-state index is 8.46. The molecule has 1 aromatic rings. The predicted octanol–water partition coefficient (Wildman–Crippen LogP) is 1.74. The minimum Gasteiger partial charge on any atom is -0.358 e. The summed E-state index contributed by atoms with van der Waals surface area (Å²) in [4.78, 5) is 6.99. The molecule has 0 saturated heterocycles. The Balaban J connectivity index is -0.000000116. The topological polar surface area (TPSA) is 37.3 Å². The summed E-state index contributed by atoms with van der Waals surface area (Å²) in [6, 6.07) is 12.5. The van der Waals surface area contributed by atoms with Gasteiger partial charge >= 0.3 is 46.4 Å². The largest absolute Gasteiger partial charge is 2.00 e. The molecule has 0 aliphatic heterocycles. The van der Waals surface area contributed by atoms with E-state index in [0.29, 0.717) is 0 Å². The van der Waals surface area contributed by atoms with E-state index in [4.69, 9.17) is 9.46 Å². The average molecular weight is 196 g/mol. The summed E-state index contributed by atoms with van der Waals surface area (Å²) in [5.74, 6) is 0. The normalized spacial score (nSPS) is 6.27. The Hall–Kier alpha value is 0.540. The summed E-state index contributed by atoms with van der Waals surface area (Å²) in [7, 11) is -0.833. The van der Waals surface area contributed by atoms with E-state index < -0.39 is 8.69 Å². The van der Waals surface area contributed by atoms with Crippen LogP contribution < -0.4 is 0 Å². The molecule has 0 aromatic heterocycles. The molecule has 1 rings (SSSR count). The van der Waals surface area contributed by atoms with Gasteiger partial charge in [0.25, 0.3) is 0 Å². The Bertz CT molecular complexity index is 120. The number of benzene rings is 1. The standard InChI is InChI=1S/C6H5.CH3.Ca.HO2P/c1-2-4-6-5-3-1;;;1-3-2/h1-5H;1H3;;(H,1,2)/q2*-1;+2;. The van der Waals surface area contributed by atoms with E-state index in [-0.39, 0.29) is 45.2 Å². The van der Waals surface area contributed by atoms with Crippen molar-refractivity contribution in [1.82, 2.24) is 0 Å². The minimum atomic E-state index is -0.833. The van der Waals surface area contributed by atoms with E-state index in [9.17, 15) is 0 Å². The second-order valence-corrected chi connectivity index (χ2v) is 1.32. The van der Waals surface area contributed by atoms with Crippen LogP contribution in [0.5, 0.6) is 0 Å². The van der Waals surface area contributed by atoms with Crippen LogP contribution in [0.4, 0.5) is 0 Å². The fourth-order valence-corrected chi connectivity index (χ4v) is 0.342. The SMILES string of the molecule is O=PO.[CH3-].[Ca+2].[c-]1ccccc1. The fourth-order valence-electron chi connectivity index (χ4n) is 0.342. The molecule has 0 radical (unpaired) electrons. The van der Waals surface area contributed by atoms with Crippen LogP contribution in [0.1, 0.15) is 0 Å². The van der Waals surface area contributed by atoms with Crippen LogP contribution in [0.25, 0.3) is 0 Å². The van der Waals surface area contributed by atoms with Crippen molar-refractivity contribution in [1.29, 1.82) is 0 Å². The van der Waals surface area contributed by atoms with Gasteiger partial charge in [0, 0.05) is 0 Å². The predicted molar refractivity (Wildman–Crippen MR) is 47.3 cm³/mol. The Morgan fingerprint density at radius 2 is 1.55 bits per heavy atom. The Kier molecular flexibility index (Phi) is 27.0. The van der Waals surface area contributed by atoms with Crippen molar-refractivity contribution >= 4 is 46.4 Å². The molecule has 0 bridgehead atoms. The van der Waals surface area contributed by atoms with Crippen LogP contribution in [0.3, 0.4) is 0 Å². The van der Waals surface area contributed by atoms with Crippen LogP contribution in [-0.4, -0.2) is 42.6 Å². The maximum Gasteiger partial charge on any atom is 2.00 e. The third-order valence-corrected chi connectivity index (χ3v) is 0.607. The van der Waals surface area contributed by atoms with E-state index in [1.165, 1.54) is 0 Å². The van der Waals surface area contributed by atoms with E-state index in [2.05, 4.69) is 6.07 Å². The van der Waals surface area contributed by atoms with Crippen LogP contribution in [0.2, 0.25) is 0 Å². The van der Waals surface area contributed by atoms with Gasteiger partial charge in [-0.1, -0.05) is 0 Å². The number of hydrogen-bond acceptors (Lipinski definition) is 1. The first kappa shape index (κ1) is 17.6. The molecule has 11 heavy (non-hydrogen) atoms. The van der Waals surface area contributed by atoms with Crippen molar-refractivity contribution in [3.8, 4) is 0 Å². The quantitative estimate of drug-likeness (QED) is 0.390. The summed E-state index contributed by atoms with van der Waals surface area (Å²) in [5.41, 5.74) is 0. The zero-order valence-electron chi connectivity index (χ0n) is 6.40. The smallest absolute Gasteiger partial charge is 0.358 e. The first-order valence-electron chi connectivity index (χ1n) is 2.29. The first-order chi connectivity index (χ1) is 4.41. The monoisotopic (exact) mass is 196 g/mol. The third-order valence-electron chi connectivity index (χ3n) is 0.607. The molecule has 0 aliphatic rings. The average Bonchev–Trinajstić information content (AvgIpc) is 1.93. The van der Waals surface area contributed by atoms with Gasteiger partial charge in [0.05, 0.1) is 0 Å². The van der Waals surface area contributed by atoms with Crippen LogP contribution in [0, 0.1) is 13.5 Å². The van der Waals surface area contributed by atoms with Crippen LogP contribution in [-0.2, 0) is 4.57 Å². The van der Waals surface area contributed by atoms with Gasteiger partial charge in [0.1, 0.15) is 0 Å². The van der Waals surface area contributed by atoms with Gasteiger partial charge in [-0.2, -0.15) is 36.4 Å². The molecule has 0 saturated carbocycles. The van der Waals surface area contributed by atoms with E-state index in [1.54, 1.807) is 0 Å². The molecule has 0 heterocycles. The summed E-state index contributed by atoms with van der Waals surface area (Å²) in [5, 5.41) is 0. The van der Waals surface area contributed by atoms with Crippen molar-refractivity contribution in [2.45, 2.75) is 0 Å². The summed E-state index contributed by atoms with van der Waals surface area (Å²) in [6.45, 7) is 0. The molecule has 0 fully saturated rings. The molecule has 0 unspecified atom stereocenters. The van der Waals surface area contributed by atoms with Gasteiger partial charge in [-0.15, -0.1) is 0 Å². The van der Waals surface area contributed by atoms with Crippen molar-refractivity contribution < 1.29 is 9.46 Å². The summed E-state index contributed by atoms with van der Waals surface area (Å²) >= 11 is 0. The molecule has 56 valence electrons. The number of hydrogen-bond donors (Lipinski definition) is 1. The Morgan fingerprint density at radius 3 is 1.64 bits per heavy atom. The maximum atomic E-state index is 8.46. The van der Waals surface area contributed by atoms with Gasteiger partial charge in [-0.05, 0) is 0 Å². The van der Waals surface area contributed by atoms with Gasteiger partial charge in [-0.25, -0.2) is 4.57 Å². The molecular formula is C7H9CaO2P. The summed E-state index contributed by atoms with van der Waals surface area (Å²) in [6.07, 6.45) is 0. The molecule has 0 aliphatic carbocycles. The van der Waals surface area contributed by atoms with Gasteiger partial charge in [-0.3, -0.25) is 0 Å². The van der Waals surface area contributed by atoms with Crippen molar-refractivity contribution in [2.24, 2.45) is 0 Å². The summed E-state index contributed by atoms with van der Waals surface area (Å²) < 4.78 is 8.46.